The highest BCUT2D eigenvalue weighted by Gasteiger charge is 2.39. The molecule has 0 aliphatic carbocycles. The predicted octanol–water partition coefficient (Wildman–Crippen LogP) is 7.20. The minimum atomic E-state index is -0.632. The molecule has 4 aromatic rings. The Hall–Kier alpha value is -4.54. The molecule has 0 bridgehead atoms. The first-order valence-corrected chi connectivity index (χ1v) is 17.9. The number of likely N-dealkylation sites (tertiary alicyclic amines) is 1. The van der Waals surface area contributed by atoms with Gasteiger partial charge >= 0.3 is 12.0 Å². The lowest BCUT2D eigenvalue weighted by atomic mass is 9.98. The molecule has 268 valence electrons. The Bertz CT molecular complexity index is 1760. The molecule has 4 aromatic carbocycles. The second kappa shape index (κ2) is 16.7. The van der Waals surface area contributed by atoms with Crippen LogP contribution in [0.25, 0.3) is 11.1 Å². The zero-order valence-corrected chi connectivity index (χ0v) is 29.7. The van der Waals surface area contributed by atoms with E-state index in [-0.39, 0.29) is 36.9 Å². The van der Waals surface area contributed by atoms with Crippen molar-refractivity contribution < 1.29 is 28.9 Å². The van der Waals surface area contributed by atoms with Crippen LogP contribution < -0.4 is 10.6 Å². The van der Waals surface area contributed by atoms with Crippen molar-refractivity contribution in [1.29, 1.82) is 0 Å². The number of esters is 1. The Morgan fingerprint density at radius 2 is 1.49 bits per heavy atom. The van der Waals surface area contributed by atoms with Gasteiger partial charge in [-0.3, -0.25) is 9.69 Å². The lowest BCUT2D eigenvalue weighted by Crippen LogP contribution is -2.45. The number of benzene rings is 4. The summed E-state index contributed by atoms with van der Waals surface area (Å²) in [6.07, 6.45) is 1.25. The molecule has 3 N–H and O–H groups in total. The van der Waals surface area contributed by atoms with Crippen LogP contribution in [0.3, 0.4) is 0 Å². The summed E-state index contributed by atoms with van der Waals surface area (Å²) >= 11 is 0. The molecule has 4 atom stereocenters. The highest BCUT2D eigenvalue weighted by Crippen LogP contribution is 2.39. The van der Waals surface area contributed by atoms with Gasteiger partial charge in [0.2, 0.25) is 0 Å². The Morgan fingerprint density at radius 3 is 2.22 bits per heavy atom. The van der Waals surface area contributed by atoms with E-state index in [1.165, 1.54) is 0 Å². The monoisotopic (exact) mass is 691 g/mol. The summed E-state index contributed by atoms with van der Waals surface area (Å²) in [5, 5.41) is 15.5. The smallest absolute Gasteiger partial charge is 0.323 e. The number of nitrogens with zero attached hydrogens (tertiary/aromatic N) is 1. The van der Waals surface area contributed by atoms with Crippen LogP contribution in [0.4, 0.5) is 4.79 Å². The van der Waals surface area contributed by atoms with Crippen molar-refractivity contribution >= 4 is 12.0 Å². The van der Waals surface area contributed by atoms with Gasteiger partial charge in [0.1, 0.15) is 11.6 Å². The zero-order valence-electron chi connectivity index (χ0n) is 29.7. The number of urea groups is 1. The fourth-order valence-corrected chi connectivity index (χ4v) is 6.72. The van der Waals surface area contributed by atoms with Gasteiger partial charge in [-0.05, 0) is 85.7 Å². The number of nitrogens with one attached hydrogen (secondary N) is 2. The Labute approximate surface area is 300 Å². The quantitative estimate of drug-likeness (QED) is 0.143. The zero-order chi connectivity index (χ0) is 35.8. The molecule has 0 aromatic heterocycles. The van der Waals surface area contributed by atoms with Gasteiger partial charge in [-0.2, -0.15) is 0 Å². The number of amides is 2. The Balaban J connectivity index is 1.16. The molecular formula is C42H49N3O6. The molecule has 2 aliphatic rings. The van der Waals surface area contributed by atoms with E-state index < -0.39 is 11.9 Å². The molecule has 2 fully saturated rings. The maximum absolute atomic E-state index is 13.1. The van der Waals surface area contributed by atoms with Crippen LogP contribution >= 0.6 is 0 Å². The SMILES string of the molecule is CC(C)(C)OC(=O)[C@@H]1CCCN1C[C@H]1C[C@@H](c2ccc(CO)cc2)O[C@@H](c2cccc(-c3cccc(CNC(=O)NCc4ccccc4)c3)c2)O1. The topological polar surface area (TPSA) is 109 Å². The van der Waals surface area contributed by atoms with E-state index in [4.69, 9.17) is 14.2 Å². The molecule has 51 heavy (non-hydrogen) atoms. The van der Waals surface area contributed by atoms with E-state index in [1.807, 2.05) is 99.6 Å². The lowest BCUT2D eigenvalue weighted by Gasteiger charge is -2.38. The van der Waals surface area contributed by atoms with Crippen molar-refractivity contribution in [2.45, 2.75) is 89.9 Å². The van der Waals surface area contributed by atoms with Crippen molar-refractivity contribution in [2.24, 2.45) is 0 Å². The third-order valence-electron chi connectivity index (χ3n) is 9.26. The molecule has 0 unspecified atom stereocenters. The first-order chi connectivity index (χ1) is 24.6. The van der Waals surface area contributed by atoms with Crippen LogP contribution in [0.1, 0.15) is 80.2 Å². The summed E-state index contributed by atoms with van der Waals surface area (Å²) in [6, 6.07) is 33.5. The average Bonchev–Trinajstić information content (AvgIpc) is 3.61. The second-order valence-corrected chi connectivity index (χ2v) is 14.4. The first kappa shape index (κ1) is 36.3. The average molecular weight is 692 g/mol. The molecule has 9 nitrogen and oxygen atoms in total. The lowest BCUT2D eigenvalue weighted by molar-refractivity contribution is -0.253. The normalized spacial score (nSPS) is 20.9. The van der Waals surface area contributed by atoms with Crippen LogP contribution in [0.15, 0.2) is 103 Å². The summed E-state index contributed by atoms with van der Waals surface area (Å²) in [7, 11) is 0. The van der Waals surface area contributed by atoms with E-state index in [0.29, 0.717) is 26.1 Å². The minimum absolute atomic E-state index is 0.0211. The van der Waals surface area contributed by atoms with Gasteiger partial charge in [0, 0.05) is 31.6 Å². The van der Waals surface area contributed by atoms with Crippen molar-refractivity contribution in [1.82, 2.24) is 15.5 Å². The number of ether oxygens (including phenoxy) is 3. The molecule has 2 saturated heterocycles. The molecule has 2 heterocycles. The largest absolute Gasteiger partial charge is 0.459 e. The third-order valence-corrected chi connectivity index (χ3v) is 9.26. The maximum atomic E-state index is 13.1. The molecular weight excluding hydrogens is 642 g/mol. The molecule has 9 heteroatoms. The molecule has 2 aliphatic heterocycles. The van der Waals surface area contributed by atoms with E-state index in [2.05, 4.69) is 39.8 Å². The molecule has 2 amide bonds. The third kappa shape index (κ3) is 10.0. The fourth-order valence-electron chi connectivity index (χ4n) is 6.72. The van der Waals surface area contributed by atoms with Crippen LogP contribution in [0.5, 0.6) is 0 Å². The van der Waals surface area contributed by atoms with E-state index in [0.717, 1.165) is 58.3 Å². The summed E-state index contributed by atoms with van der Waals surface area (Å²) < 4.78 is 19.1. The Kier molecular flexibility index (Phi) is 11.8. The van der Waals surface area contributed by atoms with E-state index >= 15 is 0 Å². The number of aliphatic hydroxyl groups is 1. The van der Waals surface area contributed by atoms with E-state index in [1.54, 1.807) is 0 Å². The Morgan fingerprint density at radius 1 is 0.804 bits per heavy atom. The van der Waals surface area contributed by atoms with Gasteiger partial charge < -0.3 is 30.0 Å². The number of carbonyl (C=O) groups excluding carboxylic acids is 2. The first-order valence-electron chi connectivity index (χ1n) is 17.9. The van der Waals surface area contributed by atoms with Gasteiger partial charge in [0.05, 0.1) is 18.8 Å². The highest BCUT2D eigenvalue weighted by molar-refractivity contribution is 5.76. The number of hydrogen-bond donors (Lipinski definition) is 3. The second-order valence-electron chi connectivity index (χ2n) is 14.4. The van der Waals surface area contributed by atoms with Crippen LogP contribution in [0, 0.1) is 0 Å². The number of hydrogen-bond acceptors (Lipinski definition) is 7. The summed E-state index contributed by atoms with van der Waals surface area (Å²) in [5.74, 6) is -0.183. The molecule has 0 saturated carbocycles. The van der Waals surface area contributed by atoms with Crippen LogP contribution in [-0.4, -0.2) is 52.8 Å². The van der Waals surface area contributed by atoms with Crippen molar-refractivity contribution in [3.63, 3.8) is 0 Å². The van der Waals surface area contributed by atoms with Gasteiger partial charge in [-0.1, -0.05) is 91.0 Å². The van der Waals surface area contributed by atoms with Crippen LogP contribution in [0.2, 0.25) is 0 Å². The van der Waals surface area contributed by atoms with Gasteiger partial charge in [-0.15, -0.1) is 0 Å². The van der Waals surface area contributed by atoms with Gasteiger partial charge in [-0.25, -0.2) is 4.79 Å². The maximum Gasteiger partial charge on any atom is 0.323 e. The van der Waals surface area contributed by atoms with Gasteiger partial charge in [0.15, 0.2) is 6.29 Å². The number of aliphatic hydroxyl groups excluding tert-OH is 1. The van der Waals surface area contributed by atoms with Crippen molar-refractivity contribution in [2.75, 3.05) is 13.1 Å². The standard InChI is InChI=1S/C42H49N3O6/c1-42(2,3)51-39(47)37-16-9-21-45(37)27-36-24-38(32-19-17-30(28-46)18-20-32)50-40(49-36)35-15-8-14-34(23-35)33-13-7-12-31(22-33)26-44-41(48)43-25-29-10-5-4-6-11-29/h4-8,10-15,17-20,22-23,36-38,40,46H,9,16,21,24-28H2,1-3H3,(H2,43,44,48)/t36-,37+,38+,40+/m1/s1. The summed E-state index contributed by atoms with van der Waals surface area (Å²) in [6.45, 7) is 7.92. The van der Waals surface area contributed by atoms with Gasteiger partial charge in [0.25, 0.3) is 0 Å². The molecule has 0 radical (unpaired) electrons. The minimum Gasteiger partial charge on any atom is -0.459 e. The van der Waals surface area contributed by atoms with Crippen molar-refractivity contribution in [3.05, 3.63) is 131 Å². The summed E-state index contributed by atoms with van der Waals surface area (Å²) in [4.78, 5) is 27.8. The predicted molar refractivity (Wildman–Crippen MR) is 196 cm³/mol. The van der Waals surface area contributed by atoms with Crippen LogP contribution in [-0.2, 0) is 38.7 Å². The number of carbonyl (C=O) groups is 2. The highest BCUT2D eigenvalue weighted by atomic mass is 16.7. The van der Waals surface area contributed by atoms with Crippen molar-refractivity contribution in [3.8, 4) is 11.1 Å². The number of rotatable bonds is 11. The van der Waals surface area contributed by atoms with E-state index in [9.17, 15) is 14.7 Å². The molecule has 6 rings (SSSR count). The molecule has 0 spiro atoms. The fraction of sp³-hybridized carbons (Fsp3) is 0.381. The summed E-state index contributed by atoms with van der Waals surface area (Å²) in [5.41, 5.74) is 6.24.